The summed E-state index contributed by atoms with van der Waals surface area (Å²) in [4.78, 5) is 15.8. The molecule has 0 saturated heterocycles. The molecule has 0 atom stereocenters. The molecule has 0 fully saturated rings. The first-order valence-corrected chi connectivity index (χ1v) is 7.11. The topological polar surface area (TPSA) is 51.2 Å². The molecule has 0 aliphatic rings. The smallest absolute Gasteiger partial charge is 0.412 e. The van der Waals surface area contributed by atoms with E-state index in [2.05, 4.69) is 26.2 Å². The van der Waals surface area contributed by atoms with Crippen LogP contribution in [-0.4, -0.2) is 16.7 Å². The van der Waals surface area contributed by atoms with Gasteiger partial charge in [0.05, 0.1) is 11.4 Å². The molecule has 1 rings (SSSR count). The lowest BCUT2D eigenvalue weighted by atomic mass is 10.2. The minimum absolute atomic E-state index is 0.469. The molecule has 4 nitrogen and oxygen atoms in total. The molecule has 0 unspecified atom stereocenters. The standard InChI is InChI=1S/C12H17BrN2O2.C2H6/c1-7-9(13)6-14-8(2)10(7)15-11(16)17-12(3,4)5;1-2/h6H,1-5H3,(H,15,16);1-2H3. The Labute approximate surface area is 124 Å². The van der Waals surface area contributed by atoms with Crippen molar-refractivity contribution in [1.29, 1.82) is 0 Å². The largest absolute Gasteiger partial charge is 0.444 e. The molecule has 108 valence electrons. The number of carbonyl (C=O) groups excluding carboxylic acids is 1. The number of halogens is 1. The fourth-order valence-corrected chi connectivity index (χ4v) is 1.60. The highest BCUT2D eigenvalue weighted by molar-refractivity contribution is 9.10. The van der Waals surface area contributed by atoms with Gasteiger partial charge in [-0.1, -0.05) is 13.8 Å². The molecule has 0 aliphatic carbocycles. The molecule has 0 spiro atoms. The molecular weight excluding hydrogens is 308 g/mol. The third-order valence-electron chi connectivity index (χ3n) is 2.09. The Morgan fingerprint density at radius 1 is 1.32 bits per heavy atom. The van der Waals surface area contributed by atoms with E-state index < -0.39 is 11.7 Å². The Balaban J connectivity index is 0.00000154. The van der Waals surface area contributed by atoms with E-state index in [-0.39, 0.29) is 0 Å². The van der Waals surface area contributed by atoms with Crippen LogP contribution in [0.5, 0.6) is 0 Å². The lowest BCUT2D eigenvalue weighted by Gasteiger charge is -2.20. The van der Waals surface area contributed by atoms with Crippen molar-refractivity contribution in [1.82, 2.24) is 4.98 Å². The van der Waals surface area contributed by atoms with Gasteiger partial charge in [-0.25, -0.2) is 4.79 Å². The molecule has 0 aliphatic heterocycles. The predicted octanol–water partition coefficient (Wildman–Crippen LogP) is 4.83. The second-order valence-corrected chi connectivity index (χ2v) is 5.67. The van der Waals surface area contributed by atoms with Gasteiger partial charge in [-0.15, -0.1) is 0 Å². The van der Waals surface area contributed by atoms with E-state index in [1.165, 1.54) is 0 Å². The first kappa shape index (κ1) is 17.9. The number of carbonyl (C=O) groups is 1. The van der Waals surface area contributed by atoms with Crippen molar-refractivity contribution in [2.45, 2.75) is 54.1 Å². The number of aromatic nitrogens is 1. The number of aryl methyl sites for hydroxylation is 1. The zero-order chi connectivity index (χ0) is 15.2. The molecule has 1 aromatic heterocycles. The summed E-state index contributed by atoms with van der Waals surface area (Å²) in [5.74, 6) is 0. The number of pyridine rings is 1. The molecule has 5 heteroatoms. The van der Waals surface area contributed by atoms with Crippen LogP contribution in [0.25, 0.3) is 0 Å². The minimum Gasteiger partial charge on any atom is -0.444 e. The van der Waals surface area contributed by atoms with Gasteiger partial charge in [0.2, 0.25) is 0 Å². The van der Waals surface area contributed by atoms with Crippen LogP contribution < -0.4 is 5.32 Å². The van der Waals surface area contributed by atoms with Crippen LogP contribution in [0, 0.1) is 13.8 Å². The van der Waals surface area contributed by atoms with Crippen LogP contribution >= 0.6 is 15.9 Å². The molecule has 1 heterocycles. The Kier molecular flexibility index (Phi) is 7.05. The number of amides is 1. The van der Waals surface area contributed by atoms with E-state index in [4.69, 9.17) is 4.74 Å². The van der Waals surface area contributed by atoms with Crippen molar-refractivity contribution in [3.8, 4) is 0 Å². The lowest BCUT2D eigenvalue weighted by Crippen LogP contribution is -2.27. The fraction of sp³-hybridized carbons (Fsp3) is 0.571. The van der Waals surface area contributed by atoms with E-state index in [0.717, 1.165) is 15.7 Å². The van der Waals surface area contributed by atoms with E-state index in [0.29, 0.717) is 5.69 Å². The summed E-state index contributed by atoms with van der Waals surface area (Å²) in [5, 5.41) is 2.72. The van der Waals surface area contributed by atoms with Gasteiger partial charge in [-0.2, -0.15) is 0 Å². The van der Waals surface area contributed by atoms with Crippen molar-refractivity contribution in [3.63, 3.8) is 0 Å². The van der Waals surface area contributed by atoms with E-state index in [1.807, 2.05) is 48.5 Å². The monoisotopic (exact) mass is 330 g/mol. The Morgan fingerprint density at radius 3 is 2.32 bits per heavy atom. The maximum absolute atomic E-state index is 11.7. The van der Waals surface area contributed by atoms with Crippen LogP contribution in [0.2, 0.25) is 0 Å². The van der Waals surface area contributed by atoms with Crippen LogP contribution in [0.4, 0.5) is 10.5 Å². The van der Waals surface area contributed by atoms with Crippen molar-refractivity contribution < 1.29 is 9.53 Å². The van der Waals surface area contributed by atoms with Crippen LogP contribution in [0.3, 0.4) is 0 Å². The van der Waals surface area contributed by atoms with Crippen molar-refractivity contribution in [2.24, 2.45) is 0 Å². The van der Waals surface area contributed by atoms with Crippen molar-refractivity contribution in [3.05, 3.63) is 21.9 Å². The van der Waals surface area contributed by atoms with Gasteiger partial charge in [0.25, 0.3) is 0 Å². The maximum atomic E-state index is 11.7. The Morgan fingerprint density at radius 2 is 1.84 bits per heavy atom. The third-order valence-corrected chi connectivity index (χ3v) is 2.89. The summed E-state index contributed by atoms with van der Waals surface area (Å²) in [6.07, 6.45) is 1.24. The predicted molar refractivity (Wildman–Crippen MR) is 82.6 cm³/mol. The number of nitrogens with zero attached hydrogens (tertiary/aromatic N) is 1. The van der Waals surface area contributed by atoms with Crippen molar-refractivity contribution >= 4 is 27.7 Å². The van der Waals surface area contributed by atoms with Gasteiger partial charge in [-0.3, -0.25) is 10.3 Å². The maximum Gasteiger partial charge on any atom is 0.412 e. The molecule has 1 N–H and O–H groups in total. The molecular formula is C14H23BrN2O2. The number of anilines is 1. The summed E-state index contributed by atoms with van der Waals surface area (Å²) in [7, 11) is 0. The van der Waals surface area contributed by atoms with Gasteiger partial charge in [0.15, 0.2) is 0 Å². The summed E-state index contributed by atoms with van der Waals surface area (Å²) in [6.45, 7) is 13.2. The highest BCUT2D eigenvalue weighted by Gasteiger charge is 2.18. The summed E-state index contributed by atoms with van der Waals surface area (Å²) in [5.41, 5.74) is 1.87. The molecule has 0 radical (unpaired) electrons. The van der Waals surface area contributed by atoms with Gasteiger partial charge >= 0.3 is 6.09 Å². The Bertz CT molecular complexity index is 440. The molecule has 1 aromatic rings. The quantitative estimate of drug-likeness (QED) is 0.801. The minimum atomic E-state index is -0.509. The second kappa shape index (κ2) is 7.48. The highest BCUT2D eigenvalue weighted by Crippen LogP contribution is 2.25. The average Bonchev–Trinajstić information content (AvgIpc) is 2.30. The summed E-state index contributed by atoms with van der Waals surface area (Å²) in [6, 6.07) is 0. The molecule has 0 saturated carbocycles. The zero-order valence-corrected chi connectivity index (χ0v) is 14.3. The number of rotatable bonds is 1. The van der Waals surface area contributed by atoms with Gasteiger partial charge in [0, 0.05) is 10.7 Å². The molecule has 0 aromatic carbocycles. The highest BCUT2D eigenvalue weighted by atomic mass is 79.9. The molecule has 0 bridgehead atoms. The second-order valence-electron chi connectivity index (χ2n) is 4.82. The summed E-state index contributed by atoms with van der Waals surface area (Å²) >= 11 is 3.38. The Hall–Kier alpha value is -1.10. The number of nitrogens with one attached hydrogen (secondary N) is 1. The average molecular weight is 331 g/mol. The SMILES string of the molecule is CC.Cc1ncc(Br)c(C)c1NC(=O)OC(C)(C)C. The van der Waals surface area contributed by atoms with Crippen LogP contribution in [-0.2, 0) is 4.74 Å². The lowest BCUT2D eigenvalue weighted by molar-refractivity contribution is 0.0635. The number of hydrogen-bond donors (Lipinski definition) is 1. The number of hydrogen-bond acceptors (Lipinski definition) is 3. The normalized spacial score (nSPS) is 10.3. The number of ether oxygens (including phenoxy) is 1. The molecule has 1 amide bonds. The van der Waals surface area contributed by atoms with E-state index in [1.54, 1.807) is 6.20 Å². The van der Waals surface area contributed by atoms with Crippen LogP contribution in [0.15, 0.2) is 10.7 Å². The van der Waals surface area contributed by atoms with E-state index in [9.17, 15) is 4.79 Å². The van der Waals surface area contributed by atoms with Gasteiger partial charge < -0.3 is 4.74 Å². The van der Waals surface area contributed by atoms with Crippen molar-refractivity contribution in [2.75, 3.05) is 5.32 Å². The van der Waals surface area contributed by atoms with Gasteiger partial charge in [0.1, 0.15) is 5.60 Å². The van der Waals surface area contributed by atoms with Gasteiger partial charge in [-0.05, 0) is 56.1 Å². The zero-order valence-electron chi connectivity index (χ0n) is 12.7. The third kappa shape index (κ3) is 6.05. The fourth-order valence-electron chi connectivity index (χ4n) is 1.30. The van der Waals surface area contributed by atoms with E-state index >= 15 is 0 Å². The van der Waals surface area contributed by atoms with Crippen LogP contribution in [0.1, 0.15) is 45.9 Å². The summed E-state index contributed by atoms with van der Waals surface area (Å²) < 4.78 is 6.05. The first-order chi connectivity index (χ1) is 8.70. The first-order valence-electron chi connectivity index (χ1n) is 6.32. The molecule has 19 heavy (non-hydrogen) atoms.